The molecule has 0 aliphatic heterocycles. The maximum absolute atomic E-state index is 13.8. The number of nitrogens with zero attached hydrogens (tertiary/aromatic N) is 2. The molecule has 0 bridgehead atoms. The minimum atomic E-state index is -0.854. The van der Waals surface area contributed by atoms with Gasteiger partial charge in [0.15, 0.2) is 0 Å². The van der Waals surface area contributed by atoms with Crippen molar-refractivity contribution in [2.45, 2.75) is 19.5 Å². The molecule has 1 N–H and O–H groups in total. The molecule has 1 heterocycles. The molecule has 0 saturated carbocycles. The summed E-state index contributed by atoms with van der Waals surface area (Å²) in [5, 5.41) is 6.39. The van der Waals surface area contributed by atoms with Gasteiger partial charge in [-0.25, -0.2) is 13.9 Å². The molecule has 7 nitrogen and oxygen atoms in total. The van der Waals surface area contributed by atoms with E-state index in [4.69, 9.17) is 0 Å². The van der Waals surface area contributed by atoms with E-state index in [1.54, 1.807) is 6.07 Å². The predicted octanol–water partition coefficient (Wildman–Crippen LogP) is 0.727. The summed E-state index contributed by atoms with van der Waals surface area (Å²) in [6.45, 7) is 1.05. The smallest absolute Gasteiger partial charge is 0.328 e. The molecule has 8 heteroatoms. The third-order valence-corrected chi connectivity index (χ3v) is 3.24. The number of esters is 1. The maximum atomic E-state index is 13.8. The van der Waals surface area contributed by atoms with Crippen molar-refractivity contribution in [3.63, 3.8) is 0 Å². The van der Waals surface area contributed by atoms with Gasteiger partial charge in [0, 0.05) is 11.6 Å². The van der Waals surface area contributed by atoms with Gasteiger partial charge in [0.1, 0.15) is 18.4 Å². The van der Waals surface area contributed by atoms with Crippen molar-refractivity contribution < 1.29 is 18.7 Å². The van der Waals surface area contributed by atoms with Crippen molar-refractivity contribution in [2.75, 3.05) is 7.11 Å². The molecular weight excluding hydrogens is 317 g/mol. The molecule has 0 fully saturated rings. The number of hydrogen-bond acceptors (Lipinski definition) is 5. The average molecular weight is 333 g/mol. The first kappa shape index (κ1) is 17.3. The van der Waals surface area contributed by atoms with Crippen molar-refractivity contribution in [1.29, 1.82) is 0 Å². The lowest BCUT2D eigenvalue weighted by atomic mass is 10.1. The first-order chi connectivity index (χ1) is 11.4. The van der Waals surface area contributed by atoms with Gasteiger partial charge in [-0.1, -0.05) is 12.1 Å². The van der Waals surface area contributed by atoms with Crippen LogP contribution in [0.2, 0.25) is 0 Å². The highest BCUT2D eigenvalue weighted by molar-refractivity contribution is 5.83. The van der Waals surface area contributed by atoms with E-state index >= 15 is 0 Å². The van der Waals surface area contributed by atoms with E-state index in [2.05, 4.69) is 15.2 Å². The third kappa shape index (κ3) is 4.03. The Bertz CT molecular complexity index is 819. The van der Waals surface area contributed by atoms with Crippen LogP contribution in [0.25, 0.3) is 11.3 Å². The molecule has 0 radical (unpaired) electrons. The quantitative estimate of drug-likeness (QED) is 0.815. The maximum Gasteiger partial charge on any atom is 0.328 e. The van der Waals surface area contributed by atoms with Gasteiger partial charge in [-0.15, -0.1) is 0 Å². The van der Waals surface area contributed by atoms with Crippen molar-refractivity contribution in [1.82, 2.24) is 15.1 Å². The Morgan fingerprint density at radius 1 is 1.29 bits per heavy atom. The van der Waals surface area contributed by atoms with Crippen LogP contribution < -0.4 is 10.9 Å². The van der Waals surface area contributed by atoms with E-state index in [-0.39, 0.29) is 11.3 Å². The molecule has 0 spiro atoms. The van der Waals surface area contributed by atoms with Crippen LogP contribution in [0.3, 0.4) is 0 Å². The van der Waals surface area contributed by atoms with Crippen LogP contribution in [0.15, 0.2) is 41.2 Å². The van der Waals surface area contributed by atoms with E-state index in [0.29, 0.717) is 0 Å². The zero-order valence-corrected chi connectivity index (χ0v) is 13.2. The fraction of sp³-hybridized carbons (Fsp3) is 0.250. The van der Waals surface area contributed by atoms with Crippen LogP contribution in [0.4, 0.5) is 4.39 Å². The second-order valence-corrected chi connectivity index (χ2v) is 5.01. The molecule has 1 aromatic carbocycles. The third-order valence-electron chi connectivity index (χ3n) is 3.24. The summed E-state index contributed by atoms with van der Waals surface area (Å²) in [6, 6.07) is 7.70. The van der Waals surface area contributed by atoms with Gasteiger partial charge < -0.3 is 10.1 Å². The van der Waals surface area contributed by atoms with Gasteiger partial charge in [-0.3, -0.25) is 9.59 Å². The number of carbonyl (C=O) groups is 2. The fourth-order valence-electron chi connectivity index (χ4n) is 2.03. The number of aromatic nitrogens is 2. The molecule has 1 amide bonds. The number of amides is 1. The minimum absolute atomic E-state index is 0.217. The summed E-state index contributed by atoms with van der Waals surface area (Å²) < 4.78 is 19.2. The summed E-state index contributed by atoms with van der Waals surface area (Å²) in [6.07, 6.45) is 0. The minimum Gasteiger partial charge on any atom is -0.467 e. The molecule has 0 unspecified atom stereocenters. The second-order valence-electron chi connectivity index (χ2n) is 5.01. The molecule has 2 aromatic rings. The zero-order valence-electron chi connectivity index (χ0n) is 13.2. The first-order valence-electron chi connectivity index (χ1n) is 7.12. The molecule has 1 atom stereocenters. The van der Waals surface area contributed by atoms with E-state index < -0.39 is 35.8 Å². The first-order valence-corrected chi connectivity index (χ1v) is 7.12. The van der Waals surface area contributed by atoms with Crippen molar-refractivity contribution in [3.8, 4) is 11.3 Å². The molecular formula is C16H16FN3O4. The van der Waals surface area contributed by atoms with Crippen molar-refractivity contribution >= 4 is 11.9 Å². The summed E-state index contributed by atoms with van der Waals surface area (Å²) in [5.74, 6) is -1.68. The van der Waals surface area contributed by atoms with Crippen LogP contribution in [0, 0.1) is 5.82 Å². The summed E-state index contributed by atoms with van der Waals surface area (Å²) in [4.78, 5) is 35.0. The van der Waals surface area contributed by atoms with Crippen LogP contribution in [-0.2, 0) is 20.9 Å². The Labute approximate surface area is 137 Å². The number of ether oxygens (including phenoxy) is 1. The van der Waals surface area contributed by atoms with Gasteiger partial charge in [0.05, 0.1) is 12.8 Å². The molecule has 1 aromatic heterocycles. The van der Waals surface area contributed by atoms with E-state index in [0.717, 1.165) is 4.68 Å². The number of benzene rings is 1. The Kier molecular flexibility index (Phi) is 5.41. The highest BCUT2D eigenvalue weighted by Crippen LogP contribution is 2.18. The normalized spacial score (nSPS) is 11.6. The number of halogens is 1. The van der Waals surface area contributed by atoms with Crippen molar-refractivity contribution in [3.05, 3.63) is 52.6 Å². The number of hydrogen-bond donors (Lipinski definition) is 1. The summed E-state index contributed by atoms with van der Waals surface area (Å²) in [7, 11) is 1.20. The van der Waals surface area contributed by atoms with Gasteiger partial charge in [-0.05, 0) is 25.1 Å². The molecule has 2 rings (SSSR count). The Morgan fingerprint density at radius 3 is 2.67 bits per heavy atom. The van der Waals surface area contributed by atoms with Crippen LogP contribution in [0.1, 0.15) is 6.92 Å². The second kappa shape index (κ2) is 7.49. The Balaban J connectivity index is 2.21. The fourth-order valence-corrected chi connectivity index (χ4v) is 2.03. The Morgan fingerprint density at radius 2 is 2.00 bits per heavy atom. The van der Waals surface area contributed by atoms with E-state index in [9.17, 15) is 18.8 Å². The summed E-state index contributed by atoms with van der Waals surface area (Å²) >= 11 is 0. The standard InChI is InChI=1S/C16H16FN3O4/c1-10(16(23)24-2)18-14(21)9-20-15(22)8-7-13(19-20)11-5-3-4-6-12(11)17/h3-8,10H,9H2,1-2H3,(H,18,21)/t10-/m0/s1. The average Bonchev–Trinajstić information content (AvgIpc) is 2.56. The highest BCUT2D eigenvalue weighted by Gasteiger charge is 2.17. The van der Waals surface area contributed by atoms with Crippen LogP contribution >= 0.6 is 0 Å². The highest BCUT2D eigenvalue weighted by atomic mass is 19.1. The van der Waals surface area contributed by atoms with Gasteiger partial charge in [0.2, 0.25) is 5.91 Å². The molecule has 126 valence electrons. The van der Waals surface area contributed by atoms with Crippen molar-refractivity contribution in [2.24, 2.45) is 0 Å². The lowest BCUT2D eigenvalue weighted by Gasteiger charge is -2.12. The molecule has 24 heavy (non-hydrogen) atoms. The van der Waals surface area contributed by atoms with E-state index in [1.807, 2.05) is 0 Å². The van der Waals surface area contributed by atoms with Gasteiger partial charge >= 0.3 is 5.97 Å². The predicted molar refractivity (Wildman–Crippen MR) is 83.5 cm³/mol. The van der Waals surface area contributed by atoms with Gasteiger partial charge in [-0.2, -0.15) is 5.10 Å². The lowest BCUT2D eigenvalue weighted by molar-refractivity contribution is -0.144. The zero-order chi connectivity index (χ0) is 17.7. The molecule has 0 saturated heterocycles. The number of carbonyl (C=O) groups excluding carboxylic acids is 2. The number of nitrogens with one attached hydrogen (secondary N) is 1. The topological polar surface area (TPSA) is 90.3 Å². The van der Waals surface area contributed by atoms with Crippen LogP contribution in [0.5, 0.6) is 0 Å². The number of methoxy groups -OCH3 is 1. The largest absolute Gasteiger partial charge is 0.467 e. The molecule has 0 aliphatic carbocycles. The van der Waals surface area contributed by atoms with Crippen LogP contribution in [-0.4, -0.2) is 34.8 Å². The monoisotopic (exact) mass is 333 g/mol. The Hall–Kier alpha value is -3.03. The van der Waals surface area contributed by atoms with Gasteiger partial charge in [0.25, 0.3) is 5.56 Å². The SMILES string of the molecule is COC(=O)[C@H](C)NC(=O)Cn1nc(-c2ccccc2F)ccc1=O. The summed E-state index contributed by atoms with van der Waals surface area (Å²) in [5.41, 5.74) is -0.0768. The van der Waals surface area contributed by atoms with E-state index in [1.165, 1.54) is 44.4 Å². The molecule has 0 aliphatic rings. The number of rotatable bonds is 5. The lowest BCUT2D eigenvalue weighted by Crippen LogP contribution is -2.42.